The molecule has 0 unspecified atom stereocenters. The van der Waals surface area contributed by atoms with Gasteiger partial charge in [-0.2, -0.15) is 27.8 Å². The molecule has 3 heterocycles. The lowest BCUT2D eigenvalue weighted by Gasteiger charge is -2.48. The molecule has 0 amide bonds. The topological polar surface area (TPSA) is 49.6 Å². The quantitative estimate of drug-likeness (QED) is 0.843. The zero-order chi connectivity index (χ0) is 16.8. The fraction of sp³-hybridized carbons (Fsp3) is 0.643. The lowest BCUT2D eigenvalue weighted by Crippen LogP contribution is -2.61. The van der Waals surface area contributed by atoms with Crippen molar-refractivity contribution < 1.29 is 13.2 Å². The van der Waals surface area contributed by atoms with Crippen molar-refractivity contribution in [3.05, 3.63) is 18.1 Å². The van der Waals surface area contributed by atoms with E-state index in [1.54, 1.807) is 4.52 Å². The van der Waals surface area contributed by atoms with Crippen molar-refractivity contribution in [1.29, 1.82) is 0 Å². The highest BCUT2D eigenvalue weighted by Crippen LogP contribution is 2.29. The minimum atomic E-state index is -4.18. The molecule has 1 aliphatic rings. The first-order valence-corrected chi connectivity index (χ1v) is 7.40. The van der Waals surface area contributed by atoms with Crippen LogP contribution >= 0.6 is 0 Å². The molecule has 6 nitrogen and oxygen atoms in total. The molecule has 3 rings (SSSR count). The van der Waals surface area contributed by atoms with E-state index in [9.17, 15) is 13.2 Å². The number of piperazine rings is 1. The summed E-state index contributed by atoms with van der Waals surface area (Å²) in [4.78, 5) is 11.9. The maximum atomic E-state index is 12.6. The van der Waals surface area contributed by atoms with E-state index in [0.717, 1.165) is 11.5 Å². The van der Waals surface area contributed by atoms with Gasteiger partial charge in [0, 0.05) is 36.9 Å². The van der Waals surface area contributed by atoms with Crippen LogP contribution in [0, 0.1) is 6.92 Å². The number of hydrogen-bond donors (Lipinski definition) is 0. The van der Waals surface area contributed by atoms with Crippen molar-refractivity contribution in [2.75, 3.05) is 31.1 Å². The predicted octanol–water partition coefficient (Wildman–Crippen LogP) is 1.90. The number of nitrogens with zero attached hydrogens (tertiary/aromatic N) is 6. The maximum Gasteiger partial charge on any atom is 0.401 e. The number of halogens is 3. The number of anilines is 1. The number of fused-ring (bicyclic) bond motifs is 1. The van der Waals surface area contributed by atoms with Crippen molar-refractivity contribution in [1.82, 2.24) is 24.5 Å². The van der Waals surface area contributed by atoms with Gasteiger partial charge in [0.25, 0.3) is 5.78 Å². The summed E-state index contributed by atoms with van der Waals surface area (Å²) in [7, 11) is 0. The van der Waals surface area contributed by atoms with Gasteiger partial charge in [-0.05, 0) is 20.8 Å². The van der Waals surface area contributed by atoms with Crippen LogP contribution in [-0.2, 0) is 0 Å². The largest absolute Gasteiger partial charge is 0.401 e. The number of aryl methyl sites for hydroxylation is 1. The first-order valence-electron chi connectivity index (χ1n) is 7.40. The fourth-order valence-corrected chi connectivity index (χ4v) is 3.17. The third-order valence-corrected chi connectivity index (χ3v) is 4.02. The monoisotopic (exact) mass is 328 g/mol. The highest BCUT2D eigenvalue weighted by molar-refractivity contribution is 5.49. The van der Waals surface area contributed by atoms with Crippen molar-refractivity contribution in [2.24, 2.45) is 0 Å². The van der Waals surface area contributed by atoms with Crippen LogP contribution in [-0.4, -0.2) is 62.4 Å². The molecular weight excluding hydrogens is 309 g/mol. The first-order chi connectivity index (χ1) is 10.7. The third-order valence-electron chi connectivity index (χ3n) is 4.02. The minimum absolute atomic E-state index is 0.323. The van der Waals surface area contributed by atoms with Crippen LogP contribution in [0.25, 0.3) is 5.78 Å². The van der Waals surface area contributed by atoms with E-state index in [2.05, 4.69) is 20.0 Å². The van der Waals surface area contributed by atoms with E-state index >= 15 is 0 Å². The third kappa shape index (κ3) is 3.24. The molecule has 0 saturated carbocycles. The van der Waals surface area contributed by atoms with Gasteiger partial charge in [0.1, 0.15) is 12.1 Å². The maximum absolute atomic E-state index is 12.6. The van der Waals surface area contributed by atoms with Gasteiger partial charge in [-0.25, -0.2) is 4.98 Å². The molecule has 0 atom stereocenters. The standard InChI is InChI=1S/C14H19F3N6/c1-10-6-11(23-12(20-10)18-9-19-23)22-5-4-21(7-13(22,2)3)8-14(15,16)17/h6,9H,4-5,7-8H2,1-3H3. The summed E-state index contributed by atoms with van der Waals surface area (Å²) in [6, 6.07) is 1.89. The SMILES string of the molecule is Cc1cc(N2CCN(CC(F)(F)F)CC2(C)C)n2ncnc2n1. The van der Waals surface area contributed by atoms with Crippen LogP contribution in [0.1, 0.15) is 19.5 Å². The average molecular weight is 328 g/mol. The fourth-order valence-electron chi connectivity index (χ4n) is 3.17. The first kappa shape index (κ1) is 16.0. The summed E-state index contributed by atoms with van der Waals surface area (Å²) >= 11 is 0. The van der Waals surface area contributed by atoms with Crippen molar-refractivity contribution in [2.45, 2.75) is 32.5 Å². The van der Waals surface area contributed by atoms with Crippen LogP contribution in [0.4, 0.5) is 19.0 Å². The molecule has 0 aromatic carbocycles. The van der Waals surface area contributed by atoms with E-state index in [0.29, 0.717) is 25.4 Å². The van der Waals surface area contributed by atoms with Crippen molar-refractivity contribution in [3.63, 3.8) is 0 Å². The Hall–Kier alpha value is -1.90. The molecule has 23 heavy (non-hydrogen) atoms. The van der Waals surface area contributed by atoms with Crippen LogP contribution in [0.3, 0.4) is 0 Å². The van der Waals surface area contributed by atoms with Crippen LogP contribution in [0.15, 0.2) is 12.4 Å². The smallest absolute Gasteiger partial charge is 0.349 e. The van der Waals surface area contributed by atoms with Gasteiger partial charge in [0.05, 0.1) is 6.54 Å². The molecule has 0 aliphatic carbocycles. The van der Waals surface area contributed by atoms with Gasteiger partial charge >= 0.3 is 6.18 Å². The molecule has 0 N–H and O–H groups in total. The molecule has 0 bridgehead atoms. The van der Waals surface area contributed by atoms with Gasteiger partial charge in [-0.3, -0.25) is 4.90 Å². The molecule has 1 saturated heterocycles. The van der Waals surface area contributed by atoms with Gasteiger partial charge in [0.2, 0.25) is 0 Å². The lowest BCUT2D eigenvalue weighted by atomic mass is 9.98. The second kappa shape index (κ2) is 5.33. The van der Waals surface area contributed by atoms with E-state index in [4.69, 9.17) is 0 Å². The summed E-state index contributed by atoms with van der Waals surface area (Å²) in [6.45, 7) is 6.03. The average Bonchev–Trinajstić information content (AvgIpc) is 2.82. The molecule has 2 aromatic heterocycles. The van der Waals surface area contributed by atoms with Crippen molar-refractivity contribution >= 4 is 11.6 Å². The number of rotatable bonds is 2. The Kier molecular flexibility index (Phi) is 3.70. The van der Waals surface area contributed by atoms with Gasteiger partial charge in [-0.15, -0.1) is 0 Å². The van der Waals surface area contributed by atoms with E-state index in [-0.39, 0.29) is 0 Å². The Morgan fingerprint density at radius 3 is 2.65 bits per heavy atom. The second-order valence-corrected chi connectivity index (χ2v) is 6.52. The van der Waals surface area contributed by atoms with Gasteiger partial charge in [0.15, 0.2) is 0 Å². The zero-order valence-electron chi connectivity index (χ0n) is 13.3. The van der Waals surface area contributed by atoms with Gasteiger partial charge in [-0.1, -0.05) is 0 Å². The van der Waals surface area contributed by atoms with Crippen LogP contribution in [0.2, 0.25) is 0 Å². The normalized spacial score (nSPS) is 19.5. The summed E-state index contributed by atoms with van der Waals surface area (Å²) in [5.41, 5.74) is 0.338. The Morgan fingerprint density at radius 1 is 1.26 bits per heavy atom. The Bertz CT molecular complexity index is 708. The second-order valence-electron chi connectivity index (χ2n) is 6.52. The summed E-state index contributed by atoms with van der Waals surface area (Å²) in [5.74, 6) is 1.30. The van der Waals surface area contributed by atoms with E-state index in [1.165, 1.54) is 11.2 Å². The highest BCUT2D eigenvalue weighted by Gasteiger charge is 2.39. The van der Waals surface area contributed by atoms with Crippen LogP contribution in [0.5, 0.6) is 0 Å². The number of alkyl halides is 3. The summed E-state index contributed by atoms with van der Waals surface area (Å²) < 4.78 is 39.6. The zero-order valence-corrected chi connectivity index (χ0v) is 13.3. The van der Waals surface area contributed by atoms with Crippen molar-refractivity contribution in [3.8, 4) is 0 Å². The highest BCUT2D eigenvalue weighted by atomic mass is 19.4. The Morgan fingerprint density at radius 2 is 2.00 bits per heavy atom. The molecule has 0 spiro atoms. The minimum Gasteiger partial charge on any atom is -0.349 e. The van der Waals surface area contributed by atoms with E-state index < -0.39 is 18.3 Å². The molecule has 1 aliphatic heterocycles. The van der Waals surface area contributed by atoms with E-state index in [1.807, 2.05) is 26.8 Å². The lowest BCUT2D eigenvalue weighted by molar-refractivity contribution is -0.148. The molecule has 2 aromatic rings. The summed E-state index contributed by atoms with van der Waals surface area (Å²) in [5, 5.41) is 4.19. The molecule has 126 valence electrons. The molecule has 1 fully saturated rings. The number of hydrogen-bond acceptors (Lipinski definition) is 5. The van der Waals surface area contributed by atoms with Gasteiger partial charge < -0.3 is 4.90 Å². The summed E-state index contributed by atoms with van der Waals surface area (Å²) in [6.07, 6.45) is -2.75. The molecular formula is C14H19F3N6. The molecule has 0 radical (unpaired) electrons. The Labute approximate surface area is 131 Å². The molecule has 9 heteroatoms. The van der Waals surface area contributed by atoms with Crippen LogP contribution < -0.4 is 4.90 Å². The number of aromatic nitrogens is 4. The Balaban J connectivity index is 1.90. The predicted molar refractivity (Wildman–Crippen MR) is 79.4 cm³/mol.